The van der Waals surface area contributed by atoms with Crippen LogP contribution in [0.25, 0.3) is 0 Å². The Hall–Kier alpha value is -1.08. The summed E-state index contributed by atoms with van der Waals surface area (Å²) in [6.07, 6.45) is -0.808. The van der Waals surface area contributed by atoms with Crippen LogP contribution >= 0.6 is 31.9 Å². The molecule has 2 N–H and O–H groups in total. The normalized spacial score (nSPS) is 13.4. The second kappa shape index (κ2) is 6.75. The fourth-order valence-electron chi connectivity index (χ4n) is 1.07. The van der Waals surface area contributed by atoms with E-state index in [4.69, 9.17) is 9.84 Å². The van der Waals surface area contributed by atoms with Crippen molar-refractivity contribution in [3.8, 4) is 0 Å². The molecule has 0 bridgehead atoms. The standard InChI is InChI=1S/C11H11Br2NO4/c12-7-11(13,9(15)16)14-10(17)18-6-8-4-2-1-3-5-8/h1-5H,6-7H2,(H,14,17)(H,15,16)/t11-/m0/s1. The van der Waals surface area contributed by atoms with Crippen molar-refractivity contribution < 1.29 is 19.4 Å². The van der Waals surface area contributed by atoms with E-state index in [2.05, 4.69) is 37.2 Å². The van der Waals surface area contributed by atoms with Crippen LogP contribution in [-0.4, -0.2) is 26.9 Å². The zero-order valence-corrected chi connectivity index (χ0v) is 12.4. The second-order valence-electron chi connectivity index (χ2n) is 3.43. The minimum absolute atomic E-state index is 0.00969. The summed E-state index contributed by atoms with van der Waals surface area (Å²) in [6.45, 7) is 0.0810. The molecule has 0 heterocycles. The largest absolute Gasteiger partial charge is 0.479 e. The lowest BCUT2D eigenvalue weighted by atomic mass is 10.2. The Bertz CT molecular complexity index is 426. The first kappa shape index (κ1) is 15.0. The molecule has 0 fully saturated rings. The number of aliphatic carboxylic acids is 1. The molecule has 0 saturated carbocycles. The number of nitrogens with one attached hydrogen (secondary N) is 1. The Balaban J connectivity index is 2.49. The van der Waals surface area contributed by atoms with Gasteiger partial charge in [-0.1, -0.05) is 46.3 Å². The van der Waals surface area contributed by atoms with Gasteiger partial charge in [0.15, 0.2) is 0 Å². The number of amides is 1. The summed E-state index contributed by atoms with van der Waals surface area (Å²) in [6, 6.07) is 9.09. The van der Waals surface area contributed by atoms with Gasteiger partial charge in [-0.25, -0.2) is 9.59 Å². The molecule has 0 unspecified atom stereocenters. The smallest absolute Gasteiger partial charge is 0.409 e. The topological polar surface area (TPSA) is 75.6 Å². The average molecular weight is 381 g/mol. The van der Waals surface area contributed by atoms with Crippen molar-refractivity contribution in [3.63, 3.8) is 0 Å². The van der Waals surface area contributed by atoms with Gasteiger partial charge >= 0.3 is 12.1 Å². The predicted octanol–water partition coefficient (Wildman–Crippen LogP) is 2.48. The Kier molecular flexibility index (Phi) is 5.61. The molecule has 1 atom stereocenters. The summed E-state index contributed by atoms with van der Waals surface area (Å²) >= 11 is 5.92. The van der Waals surface area contributed by atoms with Crippen LogP contribution in [0.15, 0.2) is 30.3 Å². The molecule has 0 aromatic heterocycles. The number of hydrogen-bond donors (Lipinski definition) is 2. The average Bonchev–Trinajstić information content (AvgIpc) is 2.37. The highest BCUT2D eigenvalue weighted by Gasteiger charge is 2.36. The van der Waals surface area contributed by atoms with Gasteiger partial charge in [-0.05, 0) is 21.5 Å². The van der Waals surface area contributed by atoms with E-state index in [9.17, 15) is 9.59 Å². The van der Waals surface area contributed by atoms with Crippen molar-refractivity contribution >= 4 is 43.9 Å². The molecule has 1 aromatic rings. The zero-order valence-electron chi connectivity index (χ0n) is 9.23. The van der Waals surface area contributed by atoms with Gasteiger partial charge in [0, 0.05) is 5.33 Å². The molecule has 18 heavy (non-hydrogen) atoms. The highest BCUT2D eigenvalue weighted by atomic mass is 79.9. The summed E-state index contributed by atoms with van der Waals surface area (Å²) in [5.41, 5.74) is 0.821. The van der Waals surface area contributed by atoms with E-state index >= 15 is 0 Å². The van der Waals surface area contributed by atoms with Crippen LogP contribution in [0.4, 0.5) is 4.79 Å². The predicted molar refractivity (Wildman–Crippen MR) is 72.9 cm³/mol. The van der Waals surface area contributed by atoms with Crippen LogP contribution < -0.4 is 5.32 Å². The van der Waals surface area contributed by atoms with Gasteiger partial charge in [0.05, 0.1) is 0 Å². The molecular formula is C11H11Br2NO4. The van der Waals surface area contributed by atoms with E-state index in [1.54, 1.807) is 12.1 Å². The van der Waals surface area contributed by atoms with E-state index in [0.29, 0.717) is 0 Å². The van der Waals surface area contributed by atoms with E-state index in [1.807, 2.05) is 18.2 Å². The summed E-state index contributed by atoms with van der Waals surface area (Å²) in [7, 11) is 0. The van der Waals surface area contributed by atoms with Crippen LogP contribution in [0.1, 0.15) is 5.56 Å². The lowest BCUT2D eigenvalue weighted by molar-refractivity contribution is -0.139. The highest BCUT2D eigenvalue weighted by Crippen LogP contribution is 2.18. The summed E-state index contributed by atoms with van der Waals surface area (Å²) in [5.74, 6) is -1.21. The molecular weight excluding hydrogens is 370 g/mol. The molecule has 0 aliphatic carbocycles. The van der Waals surface area contributed by atoms with Crippen LogP contribution in [0.5, 0.6) is 0 Å². The summed E-state index contributed by atoms with van der Waals surface area (Å²) in [5, 5.41) is 11.2. The number of carboxylic acid groups (broad SMARTS) is 1. The Morgan fingerprint density at radius 3 is 2.44 bits per heavy atom. The number of ether oxygens (including phenoxy) is 1. The van der Waals surface area contributed by atoms with Gasteiger partial charge in [0.1, 0.15) is 6.61 Å². The number of alkyl carbamates (subject to hydrolysis) is 1. The maximum Gasteiger partial charge on any atom is 0.409 e. The number of alkyl halides is 2. The van der Waals surface area contributed by atoms with Crippen molar-refractivity contribution in [1.29, 1.82) is 0 Å². The quantitative estimate of drug-likeness (QED) is 0.607. The van der Waals surface area contributed by atoms with Gasteiger partial charge in [0.25, 0.3) is 0 Å². The van der Waals surface area contributed by atoms with Crippen LogP contribution in [0.2, 0.25) is 0 Å². The number of carbonyl (C=O) groups excluding carboxylic acids is 1. The molecule has 1 amide bonds. The molecule has 7 heteroatoms. The van der Waals surface area contributed by atoms with E-state index < -0.39 is 16.5 Å². The third kappa shape index (κ3) is 4.30. The second-order valence-corrected chi connectivity index (χ2v) is 5.34. The number of hydrogen-bond acceptors (Lipinski definition) is 3. The van der Waals surface area contributed by atoms with Gasteiger partial charge in [-0.3, -0.25) is 5.32 Å². The molecule has 1 rings (SSSR count). The molecule has 0 radical (unpaired) electrons. The third-order valence-corrected chi connectivity index (χ3v) is 4.45. The van der Waals surface area contributed by atoms with Gasteiger partial charge in [-0.15, -0.1) is 0 Å². The molecule has 0 aliphatic heterocycles. The number of carboxylic acids is 1. The van der Waals surface area contributed by atoms with E-state index in [-0.39, 0.29) is 11.9 Å². The minimum atomic E-state index is -1.57. The fourth-order valence-corrected chi connectivity index (χ4v) is 1.61. The number of rotatable bonds is 5. The molecule has 0 saturated heterocycles. The molecule has 1 aromatic carbocycles. The monoisotopic (exact) mass is 379 g/mol. The Labute approximate surface area is 121 Å². The van der Waals surface area contributed by atoms with Crippen molar-refractivity contribution in [2.75, 3.05) is 5.33 Å². The van der Waals surface area contributed by atoms with Crippen LogP contribution in [0.3, 0.4) is 0 Å². The molecule has 98 valence electrons. The number of benzene rings is 1. The lowest BCUT2D eigenvalue weighted by Gasteiger charge is -2.21. The maximum absolute atomic E-state index is 11.4. The molecule has 5 nitrogen and oxygen atoms in total. The Morgan fingerprint density at radius 1 is 1.33 bits per heavy atom. The van der Waals surface area contributed by atoms with Crippen molar-refractivity contribution in [2.45, 2.75) is 11.1 Å². The van der Waals surface area contributed by atoms with Gasteiger partial charge in [0.2, 0.25) is 4.45 Å². The lowest BCUT2D eigenvalue weighted by Crippen LogP contribution is -2.51. The van der Waals surface area contributed by atoms with Gasteiger partial charge in [-0.2, -0.15) is 0 Å². The summed E-state index contributed by atoms with van der Waals surface area (Å²) in [4.78, 5) is 22.4. The summed E-state index contributed by atoms with van der Waals surface area (Å²) < 4.78 is 3.34. The SMILES string of the molecule is O=C(N[C@@](Br)(CBr)C(=O)O)OCc1ccccc1. The van der Waals surface area contributed by atoms with Crippen molar-refractivity contribution in [3.05, 3.63) is 35.9 Å². The third-order valence-electron chi connectivity index (χ3n) is 2.04. The first-order chi connectivity index (χ1) is 8.48. The maximum atomic E-state index is 11.4. The first-order valence-electron chi connectivity index (χ1n) is 4.95. The highest BCUT2D eigenvalue weighted by molar-refractivity contribution is 9.12. The van der Waals surface area contributed by atoms with Crippen molar-refractivity contribution in [1.82, 2.24) is 5.32 Å². The number of halogens is 2. The van der Waals surface area contributed by atoms with Crippen molar-refractivity contribution in [2.24, 2.45) is 0 Å². The molecule has 0 spiro atoms. The van der Waals surface area contributed by atoms with Crippen LogP contribution in [0, 0.1) is 0 Å². The first-order valence-corrected chi connectivity index (χ1v) is 6.86. The number of carbonyl (C=O) groups is 2. The van der Waals surface area contributed by atoms with E-state index in [1.165, 1.54) is 0 Å². The van der Waals surface area contributed by atoms with E-state index in [0.717, 1.165) is 5.56 Å². The molecule has 0 aliphatic rings. The van der Waals surface area contributed by atoms with Crippen LogP contribution in [-0.2, 0) is 16.1 Å². The zero-order chi connectivity index (χ0) is 13.6. The Morgan fingerprint density at radius 2 is 1.94 bits per heavy atom. The minimum Gasteiger partial charge on any atom is -0.479 e. The fraction of sp³-hybridized carbons (Fsp3) is 0.273. The van der Waals surface area contributed by atoms with Gasteiger partial charge < -0.3 is 9.84 Å².